The normalized spacial score (nSPS) is 12.2. The van der Waals surface area contributed by atoms with Crippen molar-refractivity contribution >= 4 is 5.91 Å². The van der Waals surface area contributed by atoms with E-state index < -0.39 is 6.10 Å². The zero-order valence-corrected chi connectivity index (χ0v) is 10.4. The van der Waals surface area contributed by atoms with E-state index in [1.54, 1.807) is 25.3 Å². The number of halogens is 1. The van der Waals surface area contributed by atoms with Gasteiger partial charge >= 0.3 is 0 Å². The molecule has 1 atom stereocenters. The van der Waals surface area contributed by atoms with Crippen LogP contribution in [0, 0.1) is 5.82 Å². The van der Waals surface area contributed by atoms with E-state index in [-0.39, 0.29) is 24.0 Å². The Balaban J connectivity index is 2.13. The lowest BCUT2D eigenvalue weighted by Crippen LogP contribution is -2.30. The number of aromatic nitrogens is 2. The Morgan fingerprint density at radius 3 is 3.00 bits per heavy atom. The largest absolute Gasteiger partial charge is 0.392 e. The number of nitrogens with zero attached hydrogens (tertiary/aromatic N) is 2. The van der Waals surface area contributed by atoms with Crippen molar-refractivity contribution < 1.29 is 14.3 Å². The summed E-state index contributed by atoms with van der Waals surface area (Å²) in [5, 5.41) is 15.7. The lowest BCUT2D eigenvalue weighted by molar-refractivity contribution is 0.0918. The van der Waals surface area contributed by atoms with Gasteiger partial charge in [0.1, 0.15) is 5.82 Å². The molecule has 0 saturated carbocycles. The maximum Gasteiger partial charge on any atom is 0.271 e. The maximum absolute atomic E-state index is 13.1. The standard InChI is InChI=1S/C13H14FN3O2/c1-9(18)8-15-13(19)12-5-6-17(16-12)11-4-2-3-10(14)7-11/h2-7,9,18H,8H2,1H3,(H,15,19). The van der Waals surface area contributed by atoms with Gasteiger partial charge in [-0.3, -0.25) is 4.79 Å². The van der Waals surface area contributed by atoms with Gasteiger partial charge in [0.05, 0.1) is 11.8 Å². The predicted molar refractivity (Wildman–Crippen MR) is 67.5 cm³/mol. The molecular formula is C13H14FN3O2. The summed E-state index contributed by atoms with van der Waals surface area (Å²) in [6.45, 7) is 1.73. The van der Waals surface area contributed by atoms with Crippen LogP contribution >= 0.6 is 0 Å². The van der Waals surface area contributed by atoms with Gasteiger partial charge in [0.25, 0.3) is 5.91 Å². The summed E-state index contributed by atoms with van der Waals surface area (Å²) in [5.74, 6) is -0.746. The summed E-state index contributed by atoms with van der Waals surface area (Å²) in [6.07, 6.45) is 0.959. The van der Waals surface area contributed by atoms with E-state index in [1.165, 1.54) is 22.9 Å². The van der Waals surface area contributed by atoms with E-state index >= 15 is 0 Å². The fraction of sp³-hybridized carbons (Fsp3) is 0.231. The van der Waals surface area contributed by atoms with Gasteiger partial charge in [0, 0.05) is 12.7 Å². The molecule has 1 amide bonds. The molecule has 0 spiro atoms. The number of amides is 1. The number of aliphatic hydroxyl groups is 1. The van der Waals surface area contributed by atoms with Crippen LogP contribution in [0.15, 0.2) is 36.5 Å². The van der Waals surface area contributed by atoms with Crippen LogP contribution in [0.2, 0.25) is 0 Å². The highest BCUT2D eigenvalue weighted by atomic mass is 19.1. The second kappa shape index (κ2) is 5.62. The van der Waals surface area contributed by atoms with E-state index in [0.717, 1.165) is 0 Å². The van der Waals surface area contributed by atoms with Gasteiger partial charge in [-0.05, 0) is 31.2 Å². The SMILES string of the molecule is CC(O)CNC(=O)c1ccn(-c2cccc(F)c2)n1. The summed E-state index contributed by atoms with van der Waals surface area (Å²) in [4.78, 5) is 11.7. The van der Waals surface area contributed by atoms with Gasteiger partial charge in [-0.25, -0.2) is 9.07 Å². The van der Waals surface area contributed by atoms with Crippen LogP contribution in [0.25, 0.3) is 5.69 Å². The lowest BCUT2D eigenvalue weighted by atomic mass is 10.3. The minimum atomic E-state index is -0.616. The molecule has 0 saturated heterocycles. The minimum Gasteiger partial charge on any atom is -0.392 e. The van der Waals surface area contributed by atoms with E-state index in [2.05, 4.69) is 10.4 Å². The first kappa shape index (κ1) is 13.2. The Bertz CT molecular complexity index is 581. The van der Waals surface area contributed by atoms with Crippen LogP contribution < -0.4 is 5.32 Å². The number of carbonyl (C=O) groups is 1. The molecule has 0 fully saturated rings. The molecule has 2 rings (SSSR count). The first-order chi connectivity index (χ1) is 9.06. The quantitative estimate of drug-likeness (QED) is 0.868. The fourth-order valence-electron chi connectivity index (χ4n) is 1.54. The maximum atomic E-state index is 13.1. The summed E-state index contributed by atoms with van der Waals surface area (Å²) in [5.41, 5.74) is 0.750. The number of rotatable bonds is 4. The zero-order valence-electron chi connectivity index (χ0n) is 10.4. The second-order valence-electron chi connectivity index (χ2n) is 4.18. The van der Waals surface area contributed by atoms with Crippen molar-refractivity contribution in [1.82, 2.24) is 15.1 Å². The molecule has 1 aromatic heterocycles. The van der Waals surface area contributed by atoms with Crippen molar-refractivity contribution in [3.63, 3.8) is 0 Å². The molecule has 1 unspecified atom stereocenters. The van der Waals surface area contributed by atoms with Crippen LogP contribution in [-0.2, 0) is 0 Å². The summed E-state index contributed by atoms with van der Waals surface area (Å²) in [7, 11) is 0. The number of nitrogens with one attached hydrogen (secondary N) is 1. The van der Waals surface area contributed by atoms with Crippen molar-refractivity contribution in [2.75, 3.05) is 6.54 Å². The molecule has 100 valence electrons. The van der Waals surface area contributed by atoms with Crippen molar-refractivity contribution in [3.8, 4) is 5.69 Å². The Morgan fingerprint density at radius 1 is 1.53 bits per heavy atom. The van der Waals surface area contributed by atoms with E-state index in [0.29, 0.717) is 5.69 Å². The Morgan fingerprint density at radius 2 is 2.32 bits per heavy atom. The average Bonchev–Trinajstić information content (AvgIpc) is 2.85. The zero-order chi connectivity index (χ0) is 13.8. The fourth-order valence-corrected chi connectivity index (χ4v) is 1.54. The number of aliphatic hydroxyl groups excluding tert-OH is 1. The molecule has 5 nitrogen and oxygen atoms in total. The monoisotopic (exact) mass is 263 g/mol. The molecule has 6 heteroatoms. The first-order valence-electron chi connectivity index (χ1n) is 5.84. The van der Waals surface area contributed by atoms with Crippen LogP contribution in [0.4, 0.5) is 4.39 Å². The van der Waals surface area contributed by atoms with Gasteiger partial charge in [0.2, 0.25) is 0 Å². The van der Waals surface area contributed by atoms with E-state index in [1.807, 2.05) is 0 Å². The first-order valence-corrected chi connectivity index (χ1v) is 5.84. The molecule has 0 aliphatic rings. The van der Waals surface area contributed by atoms with Crippen LogP contribution in [0.5, 0.6) is 0 Å². The summed E-state index contributed by atoms with van der Waals surface area (Å²) >= 11 is 0. The topological polar surface area (TPSA) is 67.2 Å². The predicted octanol–water partition coefficient (Wildman–Crippen LogP) is 1.12. The smallest absolute Gasteiger partial charge is 0.271 e. The minimum absolute atomic E-state index is 0.158. The third-order valence-corrected chi connectivity index (χ3v) is 2.45. The van der Waals surface area contributed by atoms with Gasteiger partial charge in [-0.15, -0.1) is 0 Å². The van der Waals surface area contributed by atoms with E-state index in [4.69, 9.17) is 5.11 Å². The van der Waals surface area contributed by atoms with Gasteiger partial charge in [0.15, 0.2) is 5.69 Å². The molecule has 0 aliphatic heterocycles. The van der Waals surface area contributed by atoms with Crippen molar-refractivity contribution in [2.24, 2.45) is 0 Å². The molecular weight excluding hydrogens is 249 g/mol. The Labute approximate surface area is 109 Å². The molecule has 0 bridgehead atoms. The van der Waals surface area contributed by atoms with Gasteiger partial charge in [-0.1, -0.05) is 6.07 Å². The highest BCUT2D eigenvalue weighted by molar-refractivity contribution is 5.92. The van der Waals surface area contributed by atoms with Gasteiger partial charge < -0.3 is 10.4 Å². The Kier molecular flexibility index (Phi) is 3.91. The van der Waals surface area contributed by atoms with Crippen molar-refractivity contribution in [1.29, 1.82) is 0 Å². The Hall–Kier alpha value is -2.21. The van der Waals surface area contributed by atoms with E-state index in [9.17, 15) is 9.18 Å². The van der Waals surface area contributed by atoms with Crippen LogP contribution in [0.3, 0.4) is 0 Å². The molecule has 2 aromatic rings. The van der Waals surface area contributed by atoms with Crippen LogP contribution in [-0.4, -0.2) is 33.4 Å². The third-order valence-electron chi connectivity index (χ3n) is 2.45. The highest BCUT2D eigenvalue weighted by Crippen LogP contribution is 2.09. The summed E-state index contributed by atoms with van der Waals surface area (Å²) < 4.78 is 14.5. The molecule has 1 aromatic carbocycles. The molecule has 2 N–H and O–H groups in total. The number of hydrogen-bond acceptors (Lipinski definition) is 3. The second-order valence-corrected chi connectivity index (χ2v) is 4.18. The number of hydrogen-bond donors (Lipinski definition) is 2. The number of carbonyl (C=O) groups excluding carboxylic acids is 1. The molecule has 0 radical (unpaired) electrons. The highest BCUT2D eigenvalue weighted by Gasteiger charge is 2.10. The molecule has 1 heterocycles. The molecule has 0 aliphatic carbocycles. The van der Waals surface area contributed by atoms with Crippen molar-refractivity contribution in [2.45, 2.75) is 13.0 Å². The van der Waals surface area contributed by atoms with Crippen LogP contribution in [0.1, 0.15) is 17.4 Å². The third kappa shape index (κ3) is 3.38. The van der Waals surface area contributed by atoms with Crippen molar-refractivity contribution in [3.05, 3.63) is 48.0 Å². The average molecular weight is 263 g/mol. The lowest BCUT2D eigenvalue weighted by Gasteiger charge is -2.05. The van der Waals surface area contributed by atoms with Gasteiger partial charge in [-0.2, -0.15) is 5.10 Å². The summed E-state index contributed by atoms with van der Waals surface area (Å²) in [6, 6.07) is 7.45. The molecule has 19 heavy (non-hydrogen) atoms. The number of benzene rings is 1.